The predicted octanol–water partition coefficient (Wildman–Crippen LogP) is 16.7. The largest absolute Gasteiger partial charge is 0.493 e. The van der Waals surface area contributed by atoms with Gasteiger partial charge in [0.15, 0.2) is 57.5 Å². The summed E-state index contributed by atoms with van der Waals surface area (Å²) in [4.78, 5) is -1.09. The van der Waals surface area contributed by atoms with Gasteiger partial charge in [0.1, 0.15) is 0 Å². The average molecular weight is 1750 g/mol. The Kier molecular flexibility index (Phi) is 9.46. The van der Waals surface area contributed by atoms with Crippen LogP contribution in [0.25, 0.3) is 0 Å². The van der Waals surface area contributed by atoms with E-state index in [1.807, 2.05) is 0 Å². The van der Waals surface area contributed by atoms with Gasteiger partial charge in [0.2, 0.25) is 0 Å². The van der Waals surface area contributed by atoms with Gasteiger partial charge in [-0.1, -0.05) is 96.4 Å². The Bertz CT molecular complexity index is 8760. The highest BCUT2D eigenvalue weighted by Gasteiger charge is 2.46. The molecule has 0 saturated carbocycles. The average Bonchev–Trinajstić information content (AvgIpc) is 0.613. The van der Waals surface area contributed by atoms with Crippen molar-refractivity contribution in [2.24, 2.45) is 57.0 Å². The fraction of sp³-hybridized carbons (Fsp3) is 0.697. The molecule has 0 radical (unpaired) electrons. The molecule has 5 aromatic rings. The summed E-state index contributed by atoms with van der Waals surface area (Å²) in [5.41, 5.74) is -23.0. The molecule has 10 heterocycles. The molecule has 5 N–H and O–H groups in total. The minimum Gasteiger partial charge on any atom is -0.493 e. The minimum absolute atomic E-state index is 0.129. The third-order valence-electron chi connectivity index (χ3n) is 17.3. The van der Waals surface area contributed by atoms with Gasteiger partial charge in [0.05, 0.1) is 133 Å². The predicted molar refractivity (Wildman–Crippen MR) is 474 cm³/mol. The smallest absolute Gasteiger partial charge is 0.161 e. The third kappa shape index (κ3) is 22.8. The van der Waals surface area contributed by atoms with Crippen LogP contribution in [0.1, 0.15) is 383 Å². The van der Waals surface area contributed by atoms with Crippen LogP contribution in [0.2, 0.25) is 0 Å². The monoisotopic (exact) mass is 1750 g/mol. The molecule has 15 rings (SSSR count). The van der Waals surface area contributed by atoms with Gasteiger partial charge >= 0.3 is 0 Å². The first-order valence-corrected chi connectivity index (χ1v) is 34.9. The topological polar surface area (TPSA) is 210 Å². The zero-order valence-electron chi connectivity index (χ0n) is 164. The molecule has 0 spiro atoms. The molecule has 20 heteroatoms. The maximum absolute atomic E-state index is 11.6. The van der Waals surface area contributed by atoms with E-state index in [0.717, 1.165) is 45.6 Å². The standard InChI is InChI=1S/4C20H31NO3.C19H29NO3/c4*1-20(2,3)11-14-12-21-7-6-13-8-18(23-4)19(24-5)9-15(13)16(21)10-17(14)22;1-12(2)7-14-11-20-6-5-13-8-18(22-3)19(23-4)9-15(13)16(20)10-17(14)21/h4*8-9,14,16-17,22H,6-7,10-12H2,1-5H3;8-9,12,14,16-17,21H,5-7,10-11H2,1-4H3/i1D3,2D3,4D3,5D3,6D2,7D2,10D2,11D2,12D2,14D,17D;1D3,2D3,5D3,6D2,7D2,10D2,11D2,12D2,14D,17D;1D3,2D3,4D3,6D2,7D2,10D2,11D2,12D2,14D,17D;1D3,2D3,6D2,7D2,10D2,11D2,12D2,14D,17D;3D3,4D3,5D2,6D2,10D2,11D2,14D,17D. The van der Waals surface area contributed by atoms with E-state index in [-0.39, 0.29) is 51.9 Å². The Labute approximate surface area is 855 Å². The van der Waals surface area contributed by atoms with Crippen molar-refractivity contribution < 1.29 is 210 Å². The van der Waals surface area contributed by atoms with Crippen molar-refractivity contribution in [3.05, 3.63) is 116 Å². The van der Waals surface area contributed by atoms with Crippen LogP contribution >= 0.6 is 0 Å². The zero-order chi connectivity index (χ0) is 174. The first-order valence-electron chi connectivity index (χ1n) is 84.9. The number of fused-ring (bicyclic) bond motifs is 15. The van der Waals surface area contributed by atoms with Crippen molar-refractivity contribution >= 4 is 0 Å². The van der Waals surface area contributed by atoms with Crippen LogP contribution in [0, 0.1) is 57.0 Å². The summed E-state index contributed by atoms with van der Waals surface area (Å²) in [6.45, 7) is -66.7. The molecule has 0 amide bonds. The van der Waals surface area contributed by atoms with Crippen LogP contribution in [0.4, 0.5) is 0 Å². The van der Waals surface area contributed by atoms with Gasteiger partial charge in [-0.2, -0.15) is 0 Å². The molecular weight excluding hydrogens is 1500 g/mol. The Morgan fingerprint density at radius 2 is 0.513 bits per heavy atom. The van der Waals surface area contributed by atoms with Crippen LogP contribution in [-0.4, -0.2) is 216 Å². The molecule has 20 nitrogen and oxygen atoms in total. The molecular formula is C99H153N5O15. The third-order valence-corrected chi connectivity index (χ3v) is 17.3. The number of rotatable bonds is 16. The van der Waals surface area contributed by atoms with Crippen molar-refractivity contribution in [3.8, 4) is 57.5 Å². The number of benzene rings is 5. The summed E-state index contributed by atoms with van der Waals surface area (Å²) < 4.78 is 882. The fourth-order valence-electron chi connectivity index (χ4n) is 12.3. The molecule has 15 atom stereocenters. The van der Waals surface area contributed by atoms with E-state index in [4.69, 9.17) is 184 Å². The molecule has 0 aliphatic carbocycles. The maximum atomic E-state index is 11.6. The van der Waals surface area contributed by atoms with Gasteiger partial charge in [-0.3, -0.25) is 24.5 Å². The lowest BCUT2D eigenvalue weighted by Gasteiger charge is -2.47. The van der Waals surface area contributed by atoms with Gasteiger partial charge < -0.3 is 72.9 Å². The van der Waals surface area contributed by atoms with Crippen molar-refractivity contribution in [2.45, 2.75) is 253 Å². The lowest BCUT2D eigenvalue weighted by molar-refractivity contribution is -0.0259. The molecule has 119 heavy (non-hydrogen) atoms. The minimum atomic E-state index is -4.66. The van der Waals surface area contributed by atoms with Crippen LogP contribution in [0.5, 0.6) is 57.5 Å². The number of hydrogen-bond donors (Lipinski definition) is 5. The van der Waals surface area contributed by atoms with Gasteiger partial charge in [0.25, 0.3) is 0 Å². The summed E-state index contributed by atoms with van der Waals surface area (Å²) in [5.74, 6) is -28.4. The number of piperidine rings is 5. The van der Waals surface area contributed by atoms with Crippen LogP contribution in [-0.2, 0) is 31.9 Å². The van der Waals surface area contributed by atoms with E-state index < -0.39 is 482 Å². The summed E-state index contributed by atoms with van der Waals surface area (Å²) >= 11 is 0. The molecule has 5 aromatic carbocycles. The number of aliphatic hydroxyl groups is 5. The van der Waals surface area contributed by atoms with Gasteiger partial charge in [0, 0.05) is 201 Å². The SMILES string of the molecule is [2H]C([2H])([2H])C(C)(C([2H])([2H])[2H])C([2H])([2H])C1([2H])C([2H])([2H])N2C(c3cc(OC)c(OC)cc3C([2H])([2H])C2([2H])[2H])C([2H])([2H])C1([2H])O.[2H]C([2H])([2H])Oc1cc2c(cc1OC([2H])([2H])[2H])C([2H])([2H])C([2H])([2H])N1C2C([2H])([2H])C([2H])(O)C([2H])(C([2H])([2H])C(C)(C([2H])([2H])[2H])C([2H])([2H])[2H])C1([2H])[2H].[2H]C([2H])([2H])Oc1cc2c(cc1OC([2H])([2H])[2H])C([2H])([2H])C([2H])([2H])N1C2C([2H])([2H])C([2H])(O)C([2H])(CC(C)C)C1([2H])[2H].[2H]C([2H])([2H])Oc1cc2c(cc1OC)C([2H])([2H])C([2H])([2H])N1C2C([2H])([2H])C([2H])(O)C([2H])(C([2H])([2H])C(C)(C([2H])([2H])[2H])C([2H])([2H])[2H])C1([2H])[2H].[2H]C([2H])([2H])Oc1cc2c(cc1OC)C1N(C([2H])([2H])C2([2H])[2H])C([2H])([2H])C([2H])(C([2H])([2H])C(C)(C([2H])([2H])[2H])C([2H])([2H])[2H])C([2H])(O)C1([2H])[2H]. The first kappa shape index (κ1) is 28.4. The van der Waals surface area contributed by atoms with Crippen LogP contribution < -0.4 is 47.4 Å². The quantitative estimate of drug-likeness (QED) is 0.0622. The van der Waals surface area contributed by atoms with Crippen molar-refractivity contribution in [3.63, 3.8) is 0 Å². The van der Waals surface area contributed by atoms with Crippen LogP contribution in [0.3, 0.4) is 0 Å². The number of nitrogens with zero attached hydrogens (tertiary/aromatic N) is 5. The maximum Gasteiger partial charge on any atom is 0.161 e. The van der Waals surface area contributed by atoms with Crippen molar-refractivity contribution in [1.82, 2.24) is 24.5 Å². The van der Waals surface area contributed by atoms with Crippen LogP contribution in [0.15, 0.2) is 60.7 Å². The Morgan fingerprint density at radius 3 is 0.706 bits per heavy atom. The Morgan fingerprint density at radius 1 is 0.328 bits per heavy atom. The summed E-state index contributed by atoms with van der Waals surface area (Å²) in [6.07, 6.45) is -76.1. The first-order chi connectivity index (χ1) is 95.1. The number of aryl methyl sites for hydroxylation is 5. The van der Waals surface area contributed by atoms with E-state index in [1.165, 1.54) is 21.0 Å². The lowest BCUT2D eigenvalue weighted by atomic mass is 9.75. The molecule has 5 fully saturated rings. The van der Waals surface area contributed by atoms with E-state index in [2.05, 4.69) is 0 Å². The zero-order valence-corrected chi connectivity index (χ0v) is 64.5. The summed E-state index contributed by atoms with van der Waals surface area (Å²) in [5, 5.41) is 57.5. The number of hydrogen-bond acceptors (Lipinski definition) is 20. The number of methoxy groups -OCH3 is 10. The Hall–Kier alpha value is -6.30. The van der Waals surface area contributed by atoms with Crippen molar-refractivity contribution in [2.75, 3.05) is 136 Å². The molecule has 10 aliphatic rings. The van der Waals surface area contributed by atoms with E-state index in [9.17, 15) is 25.5 Å². The lowest BCUT2D eigenvalue weighted by Crippen LogP contribution is -2.48. The second kappa shape index (κ2) is 39.7. The van der Waals surface area contributed by atoms with E-state index in [1.54, 1.807) is 0 Å². The highest BCUT2D eigenvalue weighted by atomic mass is 16.5. The molecule has 15 unspecified atom stereocenters. The van der Waals surface area contributed by atoms with Gasteiger partial charge in [-0.15, -0.1) is 0 Å². The summed E-state index contributed by atoms with van der Waals surface area (Å²) in [7, 11) is -15.2. The molecule has 5 saturated heterocycles. The molecule has 10 aliphatic heterocycles. The fourth-order valence-corrected chi connectivity index (χ4v) is 12.3. The second-order valence-electron chi connectivity index (χ2n) is 27.5. The van der Waals surface area contributed by atoms with Crippen molar-refractivity contribution in [1.29, 1.82) is 0 Å². The summed E-state index contributed by atoms with van der Waals surface area (Å²) in [6, 6.07) is -6.05. The van der Waals surface area contributed by atoms with E-state index in [0.29, 0.717) is 43.3 Å². The number of ether oxygens (including phenoxy) is 10. The molecule has 0 aromatic heterocycles. The second-order valence-corrected chi connectivity index (χ2v) is 27.5. The Balaban J connectivity index is 0.000000250. The molecule has 0 bridgehead atoms. The normalized spacial score (nSPS) is 56.4. The van der Waals surface area contributed by atoms with Gasteiger partial charge in [-0.05, 0) is 269 Å². The molecule has 664 valence electrons. The highest BCUT2D eigenvalue weighted by molar-refractivity contribution is 5.54. The van der Waals surface area contributed by atoms with E-state index >= 15 is 0 Å². The van der Waals surface area contributed by atoms with Gasteiger partial charge in [-0.25, -0.2) is 0 Å². The highest BCUT2D eigenvalue weighted by Crippen LogP contribution is 2.52.